The van der Waals surface area contributed by atoms with Crippen molar-refractivity contribution in [3.05, 3.63) is 90.9 Å². The van der Waals surface area contributed by atoms with Gasteiger partial charge in [-0.3, -0.25) is 24.4 Å². The van der Waals surface area contributed by atoms with E-state index in [1.165, 1.54) is 0 Å². The SMILES string of the molecule is CCCn1cc(-c2ccc3c(n2)N(C(=O)Nc2cccnc2)[C@H]2CCN3C2)cn1.O=C(Nc1cccnc1)N1c2nc(Cl)ccc2N2CC[C@H]1C2.S.S. The number of rotatable bonds is 5. The van der Waals surface area contributed by atoms with Crippen LogP contribution in [0, 0.1) is 0 Å². The maximum Gasteiger partial charge on any atom is 0.327 e. The Bertz CT molecular complexity index is 2060. The summed E-state index contributed by atoms with van der Waals surface area (Å²) in [5.41, 5.74) is 5.09. The van der Waals surface area contributed by atoms with Crippen LogP contribution in [-0.2, 0) is 6.54 Å². The lowest BCUT2D eigenvalue weighted by Gasteiger charge is -2.35. The first kappa shape index (κ1) is 37.7. The number of hydrogen-bond acceptors (Lipinski definition) is 9. The molecule has 0 unspecified atom stereocenters. The predicted molar refractivity (Wildman–Crippen MR) is 218 cm³/mol. The molecular formula is C36H41ClN12O2S2. The number of aromatic nitrogens is 6. The molecule has 0 radical (unpaired) electrons. The Labute approximate surface area is 326 Å². The van der Waals surface area contributed by atoms with E-state index >= 15 is 0 Å². The van der Waals surface area contributed by atoms with Gasteiger partial charge in [0.1, 0.15) is 5.15 Å². The second kappa shape index (κ2) is 16.3. The number of carbonyl (C=O) groups excluding carboxylic acids is 2. The van der Waals surface area contributed by atoms with E-state index in [0.717, 1.165) is 74.6 Å². The van der Waals surface area contributed by atoms with Crippen molar-refractivity contribution in [1.29, 1.82) is 0 Å². The number of anilines is 6. The van der Waals surface area contributed by atoms with Gasteiger partial charge in [0, 0.05) is 56.9 Å². The van der Waals surface area contributed by atoms with E-state index in [1.54, 1.807) is 47.9 Å². The third-order valence-electron chi connectivity index (χ3n) is 9.51. The molecule has 4 aliphatic heterocycles. The Balaban J connectivity index is 0.000000181. The predicted octanol–water partition coefficient (Wildman–Crippen LogP) is 6.37. The Morgan fingerprint density at radius 2 is 1.34 bits per heavy atom. The van der Waals surface area contributed by atoms with Gasteiger partial charge < -0.3 is 20.4 Å². The molecule has 5 aromatic heterocycles. The summed E-state index contributed by atoms with van der Waals surface area (Å²) in [4.78, 5) is 51.3. The molecule has 2 atom stereocenters. The van der Waals surface area contributed by atoms with Gasteiger partial charge in [-0.25, -0.2) is 19.6 Å². The van der Waals surface area contributed by atoms with Crippen molar-refractivity contribution in [2.75, 3.05) is 56.4 Å². The van der Waals surface area contributed by atoms with E-state index in [-0.39, 0.29) is 51.1 Å². The molecule has 53 heavy (non-hydrogen) atoms. The molecule has 0 saturated carbocycles. The van der Waals surface area contributed by atoms with E-state index in [1.807, 2.05) is 46.2 Å². The van der Waals surface area contributed by atoms with Crippen LogP contribution in [-0.4, -0.2) is 80.0 Å². The second-order valence-corrected chi connectivity index (χ2v) is 13.3. The highest BCUT2D eigenvalue weighted by Crippen LogP contribution is 2.41. The standard InChI is InChI=1S/C21H23N7O.C15H14ClN5O.2H2S/c1-2-9-27-13-15(11-23-27)18-5-6-19-20(25-18)28(17-7-10-26(19)14-17)21(29)24-16-4-3-8-22-12-16;16-13-4-3-12-14(19-13)21(11-5-7-20(12)9-11)15(22)18-10-2-1-6-17-8-10;;/h3-6,8,11-13,17H,2,7,9-10,14H2,1H3,(H,24,29);1-4,6,8,11H,5,7,9H2,(H,18,22);2*1H2/t17-;11-;;/m00../s1. The average Bonchev–Trinajstić information content (AvgIpc) is 3.90. The molecule has 14 nitrogen and oxygen atoms in total. The molecule has 4 bridgehead atoms. The summed E-state index contributed by atoms with van der Waals surface area (Å²) < 4.78 is 1.93. The summed E-state index contributed by atoms with van der Waals surface area (Å²) in [6.45, 7) is 6.53. The Hall–Kier alpha value is -5.06. The summed E-state index contributed by atoms with van der Waals surface area (Å²) in [6, 6.07) is 14.9. The monoisotopic (exact) mass is 772 g/mol. The first-order valence-electron chi connectivity index (χ1n) is 17.2. The summed E-state index contributed by atoms with van der Waals surface area (Å²) in [6.07, 6.45) is 13.4. The topological polar surface area (TPSA) is 141 Å². The van der Waals surface area contributed by atoms with Crippen molar-refractivity contribution >= 4 is 85.0 Å². The quantitative estimate of drug-likeness (QED) is 0.195. The Kier molecular flexibility index (Phi) is 11.6. The van der Waals surface area contributed by atoms with Crippen LogP contribution >= 0.6 is 38.6 Å². The maximum absolute atomic E-state index is 13.2. The Morgan fingerprint density at radius 1 is 0.774 bits per heavy atom. The van der Waals surface area contributed by atoms with Crippen LogP contribution < -0.4 is 30.2 Å². The molecule has 4 aliphatic rings. The number of fused-ring (bicyclic) bond motifs is 8. The molecule has 0 spiro atoms. The molecule has 9 heterocycles. The van der Waals surface area contributed by atoms with Crippen molar-refractivity contribution in [1.82, 2.24) is 29.7 Å². The van der Waals surface area contributed by atoms with Gasteiger partial charge in [-0.05, 0) is 67.8 Å². The fraction of sp³-hybridized carbons (Fsp3) is 0.306. The third kappa shape index (κ3) is 7.70. The highest BCUT2D eigenvalue weighted by atomic mass is 35.5. The smallest absolute Gasteiger partial charge is 0.327 e. The van der Waals surface area contributed by atoms with Crippen LogP contribution in [0.25, 0.3) is 11.3 Å². The molecule has 0 aromatic carbocycles. The number of nitrogens with one attached hydrogen (secondary N) is 2. The summed E-state index contributed by atoms with van der Waals surface area (Å²) in [5, 5.41) is 10.6. The summed E-state index contributed by atoms with van der Waals surface area (Å²) in [5.74, 6) is 1.34. The van der Waals surface area contributed by atoms with Gasteiger partial charge in [-0.2, -0.15) is 32.1 Å². The number of amides is 4. The van der Waals surface area contributed by atoms with Crippen LogP contribution in [0.2, 0.25) is 5.15 Å². The molecule has 2 saturated heterocycles. The van der Waals surface area contributed by atoms with Crippen LogP contribution in [0.3, 0.4) is 0 Å². The number of halogens is 1. The van der Waals surface area contributed by atoms with Gasteiger partial charge in [-0.15, -0.1) is 0 Å². The molecular weight excluding hydrogens is 732 g/mol. The number of nitrogens with zero attached hydrogens (tertiary/aromatic N) is 10. The molecule has 2 fully saturated rings. The van der Waals surface area contributed by atoms with Crippen LogP contribution in [0.5, 0.6) is 0 Å². The van der Waals surface area contributed by atoms with Crippen molar-refractivity contribution in [2.45, 2.75) is 44.8 Å². The van der Waals surface area contributed by atoms with Gasteiger partial charge in [-0.1, -0.05) is 18.5 Å². The first-order valence-corrected chi connectivity index (χ1v) is 17.5. The van der Waals surface area contributed by atoms with Crippen molar-refractivity contribution < 1.29 is 9.59 Å². The van der Waals surface area contributed by atoms with Gasteiger partial charge in [0.05, 0.1) is 59.1 Å². The van der Waals surface area contributed by atoms with Gasteiger partial charge in [0.2, 0.25) is 0 Å². The molecule has 0 aliphatic carbocycles. The molecule has 5 aromatic rings. The summed E-state index contributed by atoms with van der Waals surface area (Å²) in [7, 11) is 0. The lowest BCUT2D eigenvalue weighted by Crippen LogP contribution is -2.48. The third-order valence-corrected chi connectivity index (χ3v) is 9.73. The maximum atomic E-state index is 13.2. The highest BCUT2D eigenvalue weighted by Gasteiger charge is 2.41. The number of carbonyl (C=O) groups is 2. The minimum Gasteiger partial charge on any atom is -0.366 e. The minimum atomic E-state index is -0.199. The molecule has 17 heteroatoms. The van der Waals surface area contributed by atoms with Gasteiger partial charge >= 0.3 is 12.1 Å². The van der Waals surface area contributed by atoms with Crippen molar-refractivity contribution in [3.63, 3.8) is 0 Å². The number of urea groups is 2. The second-order valence-electron chi connectivity index (χ2n) is 12.9. The number of hydrogen-bond donors (Lipinski definition) is 2. The zero-order valence-electron chi connectivity index (χ0n) is 29.1. The lowest BCUT2D eigenvalue weighted by molar-refractivity contribution is 0.254. The van der Waals surface area contributed by atoms with E-state index < -0.39 is 0 Å². The molecule has 4 amide bonds. The normalized spacial score (nSPS) is 17.4. The number of aryl methyl sites for hydroxylation is 1. The fourth-order valence-electron chi connectivity index (χ4n) is 7.17. The average molecular weight is 773 g/mol. The molecule has 9 rings (SSSR count). The zero-order valence-corrected chi connectivity index (χ0v) is 31.8. The first-order chi connectivity index (χ1) is 24.9. The van der Waals surface area contributed by atoms with E-state index in [4.69, 9.17) is 16.6 Å². The number of pyridine rings is 4. The fourth-order valence-corrected chi connectivity index (χ4v) is 7.31. The van der Waals surface area contributed by atoms with Crippen LogP contribution in [0.15, 0.2) is 85.7 Å². The van der Waals surface area contributed by atoms with Crippen molar-refractivity contribution in [3.8, 4) is 11.3 Å². The molecule has 276 valence electrons. The van der Waals surface area contributed by atoms with Gasteiger partial charge in [0.25, 0.3) is 0 Å². The highest BCUT2D eigenvalue weighted by molar-refractivity contribution is 7.59. The zero-order chi connectivity index (χ0) is 34.9. The molecule has 2 N–H and O–H groups in total. The van der Waals surface area contributed by atoms with E-state index in [0.29, 0.717) is 28.2 Å². The lowest BCUT2D eigenvalue weighted by atomic mass is 10.1. The Morgan fingerprint density at radius 3 is 1.89 bits per heavy atom. The summed E-state index contributed by atoms with van der Waals surface area (Å²) >= 11 is 6.02. The van der Waals surface area contributed by atoms with Crippen LogP contribution in [0.1, 0.15) is 26.2 Å². The van der Waals surface area contributed by atoms with Crippen molar-refractivity contribution in [2.24, 2.45) is 0 Å². The van der Waals surface area contributed by atoms with Gasteiger partial charge in [0.15, 0.2) is 11.6 Å². The van der Waals surface area contributed by atoms with Crippen LogP contribution in [0.4, 0.5) is 44.0 Å². The van der Waals surface area contributed by atoms with E-state index in [9.17, 15) is 9.59 Å². The van der Waals surface area contributed by atoms with E-state index in [2.05, 4.69) is 53.5 Å². The largest absolute Gasteiger partial charge is 0.366 e. The minimum absolute atomic E-state index is 0.